The van der Waals surface area contributed by atoms with Crippen molar-refractivity contribution in [2.75, 3.05) is 0 Å². The van der Waals surface area contributed by atoms with Gasteiger partial charge in [-0.2, -0.15) is 0 Å². The Morgan fingerprint density at radius 2 is 1.41 bits per heavy atom. The normalized spacial score (nSPS) is 14.0. The molecule has 0 aliphatic heterocycles. The van der Waals surface area contributed by atoms with Gasteiger partial charge in [-0.25, -0.2) is 4.79 Å². The Labute approximate surface area is 193 Å². The molecule has 0 aliphatic rings. The van der Waals surface area contributed by atoms with Crippen molar-refractivity contribution < 1.29 is 19.4 Å². The highest BCUT2D eigenvalue weighted by atomic mass is 28.3. The van der Waals surface area contributed by atoms with Crippen LogP contribution in [0.3, 0.4) is 0 Å². The van der Waals surface area contributed by atoms with Crippen molar-refractivity contribution in [1.29, 1.82) is 0 Å². The van der Waals surface area contributed by atoms with E-state index in [1.165, 1.54) is 0 Å². The number of benzene rings is 2. The number of alkyl carbamates (subject to hydrolysis) is 1. The molecule has 0 heterocycles. The number of rotatable bonds is 9. The summed E-state index contributed by atoms with van der Waals surface area (Å²) in [6.07, 6.45) is 0.261. The molecule has 0 bridgehead atoms. The summed E-state index contributed by atoms with van der Waals surface area (Å²) in [6, 6.07) is 20.7. The van der Waals surface area contributed by atoms with Gasteiger partial charge >= 0.3 is 12.1 Å². The van der Waals surface area contributed by atoms with E-state index < -0.39 is 31.7 Å². The predicted molar refractivity (Wildman–Crippen MR) is 132 cm³/mol. The number of nitrogens with one attached hydrogen (secondary N) is 1. The minimum Gasteiger partial charge on any atom is -0.481 e. The molecule has 0 unspecified atom stereocenters. The SMILES string of the molecule is CC(C)C[C@H](NC(=O)OC(C)(C)C)[Si](C[C@@H](C)C(=O)O)(c1ccccc1)c1ccccc1. The third-order valence-electron chi connectivity index (χ3n) is 5.62. The molecule has 32 heavy (non-hydrogen) atoms. The number of carbonyl (C=O) groups is 2. The van der Waals surface area contributed by atoms with Gasteiger partial charge in [0, 0.05) is 5.67 Å². The first kappa shape index (κ1) is 25.7. The van der Waals surface area contributed by atoms with Crippen molar-refractivity contribution in [2.45, 2.75) is 65.3 Å². The Kier molecular flexibility index (Phi) is 8.67. The van der Waals surface area contributed by atoms with Crippen LogP contribution < -0.4 is 15.7 Å². The van der Waals surface area contributed by atoms with Crippen LogP contribution in [0.2, 0.25) is 6.04 Å². The van der Waals surface area contributed by atoms with Crippen LogP contribution in [0.1, 0.15) is 48.0 Å². The second-order valence-electron chi connectivity index (χ2n) is 9.98. The van der Waals surface area contributed by atoms with Crippen molar-refractivity contribution in [1.82, 2.24) is 5.32 Å². The lowest BCUT2D eigenvalue weighted by Gasteiger charge is -2.42. The van der Waals surface area contributed by atoms with Crippen LogP contribution in [0.25, 0.3) is 0 Å². The molecule has 0 radical (unpaired) electrons. The van der Waals surface area contributed by atoms with E-state index in [1.807, 2.05) is 57.2 Å². The number of amides is 1. The lowest BCUT2D eigenvalue weighted by molar-refractivity contribution is -0.140. The number of hydrogen-bond acceptors (Lipinski definition) is 3. The molecule has 2 rings (SSSR count). The first-order valence-corrected chi connectivity index (χ1v) is 13.6. The molecular formula is C26H37NO4Si. The maximum absolute atomic E-state index is 13.0. The maximum atomic E-state index is 13.0. The molecule has 0 fully saturated rings. The summed E-state index contributed by atoms with van der Waals surface area (Å²) in [5, 5.41) is 15.3. The number of carbonyl (C=O) groups excluding carboxylic acids is 1. The van der Waals surface area contributed by atoms with Gasteiger partial charge in [0.25, 0.3) is 0 Å². The zero-order valence-electron chi connectivity index (χ0n) is 20.1. The van der Waals surface area contributed by atoms with E-state index in [-0.39, 0.29) is 5.67 Å². The van der Waals surface area contributed by atoms with E-state index >= 15 is 0 Å². The lowest BCUT2D eigenvalue weighted by Crippen LogP contribution is -2.72. The van der Waals surface area contributed by atoms with Gasteiger partial charge in [-0.1, -0.05) is 91.8 Å². The molecule has 174 valence electrons. The van der Waals surface area contributed by atoms with Gasteiger partial charge in [0.15, 0.2) is 0 Å². The summed E-state index contributed by atoms with van der Waals surface area (Å²) in [4.78, 5) is 25.0. The minimum absolute atomic E-state index is 0.232. The highest BCUT2D eigenvalue weighted by molar-refractivity contribution is 7.03. The highest BCUT2D eigenvalue weighted by Gasteiger charge is 2.47. The monoisotopic (exact) mass is 455 g/mol. The smallest absolute Gasteiger partial charge is 0.407 e. The molecule has 2 atom stereocenters. The molecule has 2 aromatic carbocycles. The Bertz CT molecular complexity index is 838. The summed E-state index contributed by atoms with van der Waals surface area (Å²) in [5.41, 5.74) is -0.853. The third kappa shape index (κ3) is 6.70. The van der Waals surface area contributed by atoms with Gasteiger partial charge in [-0.15, -0.1) is 0 Å². The fourth-order valence-corrected chi connectivity index (χ4v) is 10.1. The van der Waals surface area contributed by atoms with Gasteiger partial charge < -0.3 is 15.2 Å². The zero-order chi connectivity index (χ0) is 23.9. The van der Waals surface area contributed by atoms with Crippen LogP contribution in [-0.2, 0) is 9.53 Å². The average molecular weight is 456 g/mol. The molecule has 0 saturated carbocycles. The fraction of sp³-hybridized carbons (Fsp3) is 0.462. The van der Waals surface area contributed by atoms with Crippen LogP contribution in [0.5, 0.6) is 0 Å². The van der Waals surface area contributed by atoms with Gasteiger partial charge in [0.05, 0.1) is 5.92 Å². The van der Waals surface area contributed by atoms with Crippen molar-refractivity contribution in [3.05, 3.63) is 60.7 Å². The van der Waals surface area contributed by atoms with Crippen LogP contribution in [0.15, 0.2) is 60.7 Å². The average Bonchev–Trinajstić information content (AvgIpc) is 2.71. The Hall–Kier alpha value is -2.60. The molecule has 0 saturated heterocycles. The largest absolute Gasteiger partial charge is 0.481 e. The van der Waals surface area contributed by atoms with Crippen LogP contribution in [0, 0.1) is 11.8 Å². The summed E-state index contributed by atoms with van der Waals surface area (Å²) < 4.78 is 5.62. The zero-order valence-corrected chi connectivity index (χ0v) is 21.1. The third-order valence-corrected chi connectivity index (χ3v) is 11.2. The summed E-state index contributed by atoms with van der Waals surface area (Å²) in [7, 11) is -2.80. The topological polar surface area (TPSA) is 75.6 Å². The first-order chi connectivity index (χ1) is 15.0. The fourth-order valence-electron chi connectivity index (χ4n) is 4.29. The van der Waals surface area contributed by atoms with E-state index in [4.69, 9.17) is 4.74 Å². The Morgan fingerprint density at radius 3 is 1.78 bits per heavy atom. The molecule has 6 heteroatoms. The number of aliphatic carboxylic acids is 1. The van der Waals surface area contributed by atoms with Crippen molar-refractivity contribution in [3.8, 4) is 0 Å². The van der Waals surface area contributed by atoms with Crippen molar-refractivity contribution >= 4 is 30.5 Å². The van der Waals surface area contributed by atoms with E-state index in [0.717, 1.165) is 16.8 Å². The predicted octanol–water partition coefficient (Wildman–Crippen LogP) is 4.45. The molecule has 0 aliphatic carbocycles. The number of hydrogen-bond donors (Lipinski definition) is 2. The van der Waals surface area contributed by atoms with Gasteiger partial charge in [-0.3, -0.25) is 4.79 Å². The van der Waals surface area contributed by atoms with E-state index in [1.54, 1.807) is 6.92 Å². The molecular weight excluding hydrogens is 418 g/mol. The highest BCUT2D eigenvalue weighted by Crippen LogP contribution is 2.26. The maximum Gasteiger partial charge on any atom is 0.407 e. The summed E-state index contributed by atoms with van der Waals surface area (Å²) >= 11 is 0. The van der Waals surface area contributed by atoms with Crippen LogP contribution in [0.4, 0.5) is 4.79 Å². The minimum atomic E-state index is -2.80. The summed E-state index contributed by atoms with van der Waals surface area (Å²) in [5.74, 6) is -1.08. The Morgan fingerprint density at radius 1 is 0.938 bits per heavy atom. The van der Waals surface area contributed by atoms with Gasteiger partial charge in [0.1, 0.15) is 13.7 Å². The molecule has 5 nitrogen and oxygen atoms in total. The molecule has 0 aromatic heterocycles. The number of carboxylic acids is 1. The van der Waals surface area contributed by atoms with Crippen LogP contribution >= 0.6 is 0 Å². The number of carboxylic acid groups (broad SMARTS) is 1. The van der Waals surface area contributed by atoms with Gasteiger partial charge in [-0.05, 0) is 39.2 Å². The van der Waals surface area contributed by atoms with Crippen molar-refractivity contribution in [3.63, 3.8) is 0 Å². The van der Waals surface area contributed by atoms with E-state index in [0.29, 0.717) is 12.0 Å². The molecule has 2 N–H and O–H groups in total. The lowest BCUT2D eigenvalue weighted by atomic mass is 10.1. The first-order valence-electron chi connectivity index (χ1n) is 11.3. The van der Waals surface area contributed by atoms with Crippen molar-refractivity contribution in [2.24, 2.45) is 11.8 Å². The van der Waals surface area contributed by atoms with E-state index in [9.17, 15) is 14.7 Å². The van der Waals surface area contributed by atoms with Crippen LogP contribution in [-0.4, -0.2) is 36.5 Å². The van der Waals surface area contributed by atoms with E-state index in [2.05, 4.69) is 43.4 Å². The molecule has 2 aromatic rings. The quantitative estimate of drug-likeness (QED) is 0.548. The molecule has 0 spiro atoms. The second kappa shape index (κ2) is 10.8. The van der Waals surface area contributed by atoms with Gasteiger partial charge in [0.2, 0.25) is 0 Å². The standard InChI is InChI=1S/C26H37NO4Si/c1-19(2)17-23(27-25(30)31-26(4,5)6)32(18-20(3)24(28)29,21-13-9-7-10-14-21)22-15-11-8-12-16-22/h7-16,19-20,23H,17-18H2,1-6H3,(H,27,30)(H,28,29)/t20-,23-/m1/s1. The second-order valence-corrected chi connectivity index (χ2v) is 14.2. The Balaban J connectivity index is 2.73. The molecule has 1 amide bonds. The number of ether oxygens (including phenoxy) is 1. The summed E-state index contributed by atoms with van der Waals surface area (Å²) in [6.45, 7) is 11.5.